The highest BCUT2D eigenvalue weighted by Crippen LogP contribution is 2.22. The number of aryl methyl sites for hydroxylation is 1. The number of para-hydroxylation sites is 2. The molecule has 1 aromatic heterocycles. The summed E-state index contributed by atoms with van der Waals surface area (Å²) in [6, 6.07) is 7.07. The first-order valence-electron chi connectivity index (χ1n) is 7.04. The van der Waals surface area contributed by atoms with Crippen LogP contribution < -0.4 is 5.73 Å². The predicted octanol–water partition coefficient (Wildman–Crippen LogP) is 2.35. The Morgan fingerprint density at radius 1 is 1.35 bits per heavy atom. The van der Waals surface area contributed by atoms with Crippen molar-refractivity contribution >= 4 is 17.0 Å². The normalized spacial score (nSPS) is 12.7. The lowest BCUT2D eigenvalue weighted by Gasteiger charge is -2.13. The van der Waals surface area contributed by atoms with Crippen LogP contribution in [0, 0.1) is 0 Å². The molecule has 0 aliphatic carbocycles. The third-order valence-electron chi connectivity index (χ3n) is 3.52. The van der Waals surface area contributed by atoms with E-state index in [1.54, 1.807) is 6.92 Å². The highest BCUT2D eigenvalue weighted by atomic mass is 16.4. The van der Waals surface area contributed by atoms with E-state index in [4.69, 9.17) is 5.73 Å². The molecule has 1 heterocycles. The molecule has 2 aromatic rings. The van der Waals surface area contributed by atoms with Crippen LogP contribution in [0.4, 0.5) is 0 Å². The molecule has 0 bridgehead atoms. The zero-order valence-corrected chi connectivity index (χ0v) is 11.7. The van der Waals surface area contributed by atoms with Gasteiger partial charge in [0.05, 0.1) is 11.0 Å². The summed E-state index contributed by atoms with van der Waals surface area (Å²) in [5, 5.41) is 9.28. The number of rotatable bonds is 7. The summed E-state index contributed by atoms with van der Waals surface area (Å²) in [4.78, 5) is 15.9. The molecule has 3 N–H and O–H groups in total. The van der Waals surface area contributed by atoms with Crippen molar-refractivity contribution in [2.45, 2.75) is 38.6 Å². The topological polar surface area (TPSA) is 81.1 Å². The quantitative estimate of drug-likeness (QED) is 0.760. The van der Waals surface area contributed by atoms with Gasteiger partial charge in [-0.15, -0.1) is 0 Å². The molecule has 1 unspecified atom stereocenters. The number of aliphatic carboxylic acids is 1. The van der Waals surface area contributed by atoms with Crippen LogP contribution in [0.2, 0.25) is 0 Å². The molecule has 0 fully saturated rings. The van der Waals surface area contributed by atoms with Crippen LogP contribution in [0.15, 0.2) is 24.3 Å². The maximum absolute atomic E-state index is 11.3. The largest absolute Gasteiger partial charge is 0.480 e. The number of fused-ring (bicyclic) bond motifs is 1. The van der Waals surface area contributed by atoms with Gasteiger partial charge >= 0.3 is 5.97 Å². The molecule has 108 valence electrons. The average molecular weight is 275 g/mol. The number of aromatic nitrogens is 2. The van der Waals surface area contributed by atoms with E-state index >= 15 is 0 Å². The van der Waals surface area contributed by atoms with Gasteiger partial charge in [-0.2, -0.15) is 0 Å². The smallest absolute Gasteiger partial charge is 0.326 e. The summed E-state index contributed by atoms with van der Waals surface area (Å²) >= 11 is 0. The Kier molecular flexibility index (Phi) is 4.74. The summed E-state index contributed by atoms with van der Waals surface area (Å²) < 4.78 is 1.83. The minimum absolute atomic E-state index is 0.605. The molecule has 1 aromatic carbocycles. The zero-order chi connectivity index (χ0) is 14.5. The molecule has 20 heavy (non-hydrogen) atoms. The van der Waals surface area contributed by atoms with Gasteiger partial charge in [0, 0.05) is 6.42 Å². The van der Waals surface area contributed by atoms with Crippen LogP contribution in [-0.2, 0) is 11.2 Å². The Bertz CT molecular complexity index is 592. The van der Waals surface area contributed by atoms with Crippen molar-refractivity contribution in [2.75, 3.05) is 6.54 Å². The Morgan fingerprint density at radius 2 is 2.10 bits per heavy atom. The molecule has 0 aliphatic heterocycles. The van der Waals surface area contributed by atoms with E-state index in [2.05, 4.69) is 4.98 Å². The molecule has 0 amide bonds. The van der Waals surface area contributed by atoms with E-state index in [0.29, 0.717) is 6.54 Å². The Labute approximate surface area is 118 Å². The van der Waals surface area contributed by atoms with Crippen LogP contribution in [0.3, 0.4) is 0 Å². The second-order valence-corrected chi connectivity index (χ2v) is 5.00. The number of hydrogen-bond acceptors (Lipinski definition) is 3. The van der Waals surface area contributed by atoms with Gasteiger partial charge in [-0.25, -0.2) is 9.78 Å². The summed E-state index contributed by atoms with van der Waals surface area (Å²) in [7, 11) is 0. The van der Waals surface area contributed by atoms with Crippen LogP contribution in [0.1, 0.15) is 38.1 Å². The lowest BCUT2D eigenvalue weighted by molar-refractivity contribution is -0.140. The number of nitrogens with two attached hydrogens (primary N) is 1. The van der Waals surface area contributed by atoms with Crippen molar-refractivity contribution in [1.82, 2.24) is 9.55 Å². The maximum atomic E-state index is 11.3. The van der Waals surface area contributed by atoms with E-state index in [1.165, 1.54) is 0 Å². The number of hydrogen-bond donors (Lipinski definition) is 2. The first kappa shape index (κ1) is 14.5. The van der Waals surface area contributed by atoms with E-state index < -0.39 is 12.0 Å². The van der Waals surface area contributed by atoms with Gasteiger partial charge in [0.25, 0.3) is 0 Å². The number of carboxylic acid groups (broad SMARTS) is 1. The van der Waals surface area contributed by atoms with Gasteiger partial charge in [0.2, 0.25) is 0 Å². The maximum Gasteiger partial charge on any atom is 0.326 e. The highest BCUT2D eigenvalue weighted by molar-refractivity contribution is 5.80. The molecular formula is C15H21N3O2. The van der Waals surface area contributed by atoms with Crippen LogP contribution in [0.5, 0.6) is 0 Å². The van der Waals surface area contributed by atoms with E-state index in [9.17, 15) is 9.90 Å². The Morgan fingerprint density at radius 3 is 2.80 bits per heavy atom. The number of carbonyl (C=O) groups is 1. The first-order chi connectivity index (χ1) is 9.65. The number of nitrogens with zero attached hydrogens (tertiary/aromatic N) is 2. The van der Waals surface area contributed by atoms with Crippen LogP contribution in [0.25, 0.3) is 11.0 Å². The molecular weight excluding hydrogens is 254 g/mol. The van der Waals surface area contributed by atoms with Gasteiger partial charge in [0.1, 0.15) is 11.9 Å². The molecule has 0 spiro atoms. The molecule has 0 aliphatic rings. The van der Waals surface area contributed by atoms with E-state index in [-0.39, 0.29) is 0 Å². The molecule has 5 nitrogen and oxygen atoms in total. The summed E-state index contributed by atoms with van der Waals surface area (Å²) in [6.45, 7) is 2.39. The average Bonchev–Trinajstić information content (AvgIpc) is 2.80. The van der Waals surface area contributed by atoms with Crippen molar-refractivity contribution < 1.29 is 9.90 Å². The lowest BCUT2D eigenvalue weighted by Crippen LogP contribution is -2.18. The minimum atomic E-state index is -0.837. The third-order valence-corrected chi connectivity index (χ3v) is 3.52. The fraction of sp³-hybridized carbons (Fsp3) is 0.467. The highest BCUT2D eigenvalue weighted by Gasteiger charge is 2.20. The fourth-order valence-electron chi connectivity index (χ4n) is 2.42. The zero-order valence-electron chi connectivity index (χ0n) is 11.7. The minimum Gasteiger partial charge on any atom is -0.480 e. The molecule has 1 atom stereocenters. The van der Waals surface area contributed by atoms with Gasteiger partial charge in [-0.3, -0.25) is 0 Å². The van der Waals surface area contributed by atoms with E-state index in [1.807, 2.05) is 28.8 Å². The number of carboxylic acids is 1. The van der Waals surface area contributed by atoms with E-state index in [0.717, 1.165) is 42.5 Å². The summed E-state index contributed by atoms with van der Waals surface area (Å²) in [5.74, 6) is 0.00878. The van der Waals surface area contributed by atoms with Crippen molar-refractivity contribution in [3.05, 3.63) is 30.1 Å². The van der Waals surface area contributed by atoms with Gasteiger partial charge in [0.15, 0.2) is 0 Å². The van der Waals surface area contributed by atoms with Gasteiger partial charge < -0.3 is 15.4 Å². The Hall–Kier alpha value is -1.88. The fourth-order valence-corrected chi connectivity index (χ4v) is 2.42. The summed E-state index contributed by atoms with van der Waals surface area (Å²) in [5.41, 5.74) is 7.23. The summed E-state index contributed by atoms with van der Waals surface area (Å²) in [6.07, 6.45) is 3.80. The third kappa shape index (κ3) is 2.99. The van der Waals surface area contributed by atoms with Gasteiger partial charge in [-0.05, 0) is 38.4 Å². The molecule has 0 saturated carbocycles. The Balaban J connectivity index is 2.31. The SMILES string of the molecule is CC(C(=O)O)n1c(CCCCCN)nc2ccccc21. The van der Waals surface area contributed by atoms with Crippen molar-refractivity contribution in [3.8, 4) is 0 Å². The van der Waals surface area contributed by atoms with Gasteiger partial charge in [-0.1, -0.05) is 18.6 Å². The van der Waals surface area contributed by atoms with Crippen molar-refractivity contribution in [1.29, 1.82) is 0 Å². The van der Waals surface area contributed by atoms with Crippen molar-refractivity contribution in [3.63, 3.8) is 0 Å². The second-order valence-electron chi connectivity index (χ2n) is 5.00. The number of imidazole rings is 1. The molecule has 5 heteroatoms. The predicted molar refractivity (Wildman–Crippen MR) is 78.7 cm³/mol. The number of benzene rings is 1. The standard InChI is InChI=1S/C15H21N3O2/c1-11(15(19)20)18-13-8-5-4-7-12(13)17-14(18)9-3-2-6-10-16/h4-5,7-8,11H,2-3,6,9-10,16H2,1H3,(H,19,20). The monoisotopic (exact) mass is 275 g/mol. The first-order valence-corrected chi connectivity index (χ1v) is 7.04. The van der Waals surface area contributed by atoms with Crippen molar-refractivity contribution in [2.24, 2.45) is 5.73 Å². The van der Waals surface area contributed by atoms with Crippen LogP contribution >= 0.6 is 0 Å². The second kappa shape index (κ2) is 6.52. The molecule has 2 rings (SSSR count). The molecule has 0 radical (unpaired) electrons. The van der Waals surface area contributed by atoms with Crippen LogP contribution in [-0.4, -0.2) is 27.2 Å². The molecule has 0 saturated heterocycles. The lowest BCUT2D eigenvalue weighted by atomic mass is 10.2. The number of unbranched alkanes of at least 4 members (excludes halogenated alkanes) is 2.